The fourth-order valence-corrected chi connectivity index (χ4v) is 2.68. The summed E-state index contributed by atoms with van der Waals surface area (Å²) < 4.78 is 1.67. The Bertz CT molecular complexity index is 334. The van der Waals surface area contributed by atoms with Gasteiger partial charge in [-0.05, 0) is 64.2 Å². The summed E-state index contributed by atoms with van der Waals surface area (Å²) in [6.45, 7) is 1.45. The van der Waals surface area contributed by atoms with E-state index in [-0.39, 0.29) is 11.5 Å². The molecule has 1 aromatic rings. The SMILES string of the molecule is CC(=O)c1cc(I)cc(I)c1O. The van der Waals surface area contributed by atoms with E-state index in [1.54, 1.807) is 6.07 Å². The molecule has 1 aromatic carbocycles. The van der Waals surface area contributed by atoms with E-state index in [2.05, 4.69) is 22.6 Å². The molecule has 0 aliphatic heterocycles. The average molecular weight is 388 g/mol. The Labute approximate surface area is 97.6 Å². The molecule has 2 nitrogen and oxygen atoms in total. The van der Waals surface area contributed by atoms with Crippen molar-refractivity contribution < 1.29 is 9.90 Å². The van der Waals surface area contributed by atoms with Crippen LogP contribution in [0.4, 0.5) is 0 Å². The summed E-state index contributed by atoms with van der Waals surface area (Å²) in [6, 6.07) is 3.50. The van der Waals surface area contributed by atoms with Crippen molar-refractivity contribution in [3.63, 3.8) is 0 Å². The van der Waals surface area contributed by atoms with Gasteiger partial charge in [0.15, 0.2) is 5.78 Å². The molecule has 64 valence electrons. The van der Waals surface area contributed by atoms with Gasteiger partial charge < -0.3 is 5.11 Å². The zero-order chi connectivity index (χ0) is 9.30. The van der Waals surface area contributed by atoms with Crippen molar-refractivity contribution in [2.45, 2.75) is 6.92 Å². The van der Waals surface area contributed by atoms with Crippen LogP contribution in [-0.4, -0.2) is 10.9 Å². The molecule has 0 aliphatic carbocycles. The van der Waals surface area contributed by atoms with Gasteiger partial charge in [-0.3, -0.25) is 4.79 Å². The second-order valence-corrected chi connectivity index (χ2v) is 4.75. The summed E-state index contributed by atoms with van der Waals surface area (Å²) in [6.07, 6.45) is 0. The Kier molecular flexibility index (Phi) is 3.33. The topological polar surface area (TPSA) is 37.3 Å². The fourth-order valence-electron chi connectivity index (χ4n) is 0.834. The normalized spacial score (nSPS) is 9.92. The van der Waals surface area contributed by atoms with Gasteiger partial charge in [0.05, 0.1) is 9.13 Å². The van der Waals surface area contributed by atoms with Crippen molar-refractivity contribution in [3.05, 3.63) is 24.8 Å². The van der Waals surface area contributed by atoms with Gasteiger partial charge in [0.25, 0.3) is 0 Å². The Morgan fingerprint density at radius 3 is 2.50 bits per heavy atom. The number of carbonyl (C=O) groups excluding carboxylic acids is 1. The third-order valence-electron chi connectivity index (χ3n) is 1.41. The second kappa shape index (κ2) is 3.91. The maximum absolute atomic E-state index is 11.0. The molecule has 0 saturated heterocycles. The molecular weight excluding hydrogens is 382 g/mol. The highest BCUT2D eigenvalue weighted by atomic mass is 127. The summed E-state index contributed by atoms with van der Waals surface area (Å²) in [4.78, 5) is 11.0. The first-order chi connectivity index (χ1) is 5.52. The van der Waals surface area contributed by atoms with Crippen LogP contribution in [0.25, 0.3) is 0 Å². The van der Waals surface area contributed by atoms with E-state index in [1.165, 1.54) is 6.92 Å². The summed E-state index contributed by atoms with van der Waals surface area (Å²) >= 11 is 4.11. The van der Waals surface area contributed by atoms with E-state index in [0.717, 1.165) is 3.57 Å². The third kappa shape index (κ3) is 2.09. The lowest BCUT2D eigenvalue weighted by molar-refractivity contribution is 0.101. The molecule has 1 N–H and O–H groups in total. The molecule has 4 heteroatoms. The van der Waals surface area contributed by atoms with E-state index >= 15 is 0 Å². The predicted octanol–water partition coefficient (Wildman–Crippen LogP) is 2.80. The van der Waals surface area contributed by atoms with Crippen LogP contribution >= 0.6 is 45.2 Å². The first-order valence-corrected chi connectivity index (χ1v) is 5.37. The van der Waals surface area contributed by atoms with Gasteiger partial charge >= 0.3 is 0 Å². The summed E-state index contributed by atoms with van der Waals surface area (Å²) in [5.74, 6) is -0.0209. The highest BCUT2D eigenvalue weighted by molar-refractivity contribution is 14.1. The van der Waals surface area contributed by atoms with Gasteiger partial charge in [0.1, 0.15) is 5.75 Å². The molecule has 0 amide bonds. The lowest BCUT2D eigenvalue weighted by Crippen LogP contribution is -1.95. The van der Waals surface area contributed by atoms with E-state index in [4.69, 9.17) is 0 Å². The van der Waals surface area contributed by atoms with Crippen molar-refractivity contribution in [1.82, 2.24) is 0 Å². The zero-order valence-corrected chi connectivity index (χ0v) is 10.6. The number of phenols is 1. The Morgan fingerprint density at radius 2 is 2.00 bits per heavy atom. The van der Waals surface area contributed by atoms with Crippen LogP contribution in [0.2, 0.25) is 0 Å². The smallest absolute Gasteiger partial charge is 0.163 e. The molecule has 1 rings (SSSR count). The first-order valence-electron chi connectivity index (χ1n) is 3.21. The molecular formula is C8H6I2O2. The molecule has 0 saturated carbocycles. The Balaban J connectivity index is 3.37. The van der Waals surface area contributed by atoms with Gasteiger partial charge in [-0.2, -0.15) is 0 Å². The van der Waals surface area contributed by atoms with Crippen molar-refractivity contribution in [1.29, 1.82) is 0 Å². The molecule has 0 unspecified atom stereocenters. The number of aromatic hydroxyl groups is 1. The molecule has 12 heavy (non-hydrogen) atoms. The highest BCUT2D eigenvalue weighted by Gasteiger charge is 2.10. The van der Waals surface area contributed by atoms with Crippen LogP contribution in [0.3, 0.4) is 0 Å². The molecule has 0 heterocycles. The number of phenolic OH excluding ortho intramolecular Hbond substituents is 1. The number of hydrogen-bond acceptors (Lipinski definition) is 2. The number of hydrogen-bond donors (Lipinski definition) is 1. The summed E-state index contributed by atoms with van der Waals surface area (Å²) in [7, 11) is 0. The predicted molar refractivity (Wildman–Crippen MR) is 63.5 cm³/mol. The standard InChI is InChI=1S/C8H6I2O2/c1-4(11)6-2-5(9)3-7(10)8(6)12/h2-3,12H,1H3. The molecule has 0 fully saturated rings. The molecule has 0 spiro atoms. The first kappa shape index (κ1) is 10.2. The van der Waals surface area contributed by atoms with Gasteiger partial charge in [-0.25, -0.2) is 0 Å². The highest BCUT2D eigenvalue weighted by Crippen LogP contribution is 2.26. The van der Waals surface area contributed by atoms with Crippen LogP contribution in [0, 0.1) is 7.14 Å². The van der Waals surface area contributed by atoms with Gasteiger partial charge in [-0.15, -0.1) is 0 Å². The lowest BCUT2D eigenvalue weighted by atomic mass is 10.1. The fraction of sp³-hybridized carbons (Fsp3) is 0.125. The van der Waals surface area contributed by atoms with Crippen molar-refractivity contribution in [2.75, 3.05) is 0 Å². The van der Waals surface area contributed by atoms with E-state index < -0.39 is 0 Å². The van der Waals surface area contributed by atoms with E-state index in [9.17, 15) is 9.90 Å². The minimum absolute atomic E-state index is 0.0866. The van der Waals surface area contributed by atoms with Crippen LogP contribution < -0.4 is 0 Å². The summed E-state index contributed by atoms with van der Waals surface area (Å²) in [5.41, 5.74) is 0.395. The van der Waals surface area contributed by atoms with Crippen LogP contribution in [0.1, 0.15) is 17.3 Å². The molecule has 0 radical (unpaired) electrons. The third-order valence-corrected chi connectivity index (χ3v) is 2.85. The zero-order valence-electron chi connectivity index (χ0n) is 6.27. The quantitative estimate of drug-likeness (QED) is 0.594. The van der Waals surface area contributed by atoms with E-state index in [0.29, 0.717) is 9.13 Å². The number of benzene rings is 1. The van der Waals surface area contributed by atoms with E-state index in [1.807, 2.05) is 28.7 Å². The number of halogens is 2. The van der Waals surface area contributed by atoms with Crippen molar-refractivity contribution >= 4 is 51.0 Å². The molecule has 0 atom stereocenters. The Morgan fingerprint density at radius 1 is 1.42 bits per heavy atom. The molecule has 0 aromatic heterocycles. The summed E-state index contributed by atoms with van der Waals surface area (Å²) in [5, 5.41) is 9.46. The number of rotatable bonds is 1. The van der Waals surface area contributed by atoms with Crippen LogP contribution in [0.5, 0.6) is 5.75 Å². The maximum atomic E-state index is 11.0. The monoisotopic (exact) mass is 388 g/mol. The average Bonchev–Trinajstić information content (AvgIpc) is 1.96. The largest absolute Gasteiger partial charge is 0.506 e. The van der Waals surface area contributed by atoms with Gasteiger partial charge in [-0.1, -0.05) is 0 Å². The number of Topliss-reactive ketones (excluding diaryl/α,β-unsaturated/α-hetero) is 1. The Hall–Kier alpha value is 0.150. The molecule has 0 bridgehead atoms. The van der Waals surface area contributed by atoms with Gasteiger partial charge in [0.2, 0.25) is 0 Å². The van der Waals surface area contributed by atoms with Crippen molar-refractivity contribution in [2.24, 2.45) is 0 Å². The lowest BCUT2D eigenvalue weighted by Gasteiger charge is -2.03. The molecule has 0 aliphatic rings. The van der Waals surface area contributed by atoms with Crippen molar-refractivity contribution in [3.8, 4) is 5.75 Å². The number of ketones is 1. The minimum atomic E-state index is -0.107. The van der Waals surface area contributed by atoms with Gasteiger partial charge in [0, 0.05) is 3.57 Å². The van der Waals surface area contributed by atoms with Crippen LogP contribution in [0.15, 0.2) is 12.1 Å². The second-order valence-electron chi connectivity index (χ2n) is 2.34. The maximum Gasteiger partial charge on any atom is 0.163 e. The van der Waals surface area contributed by atoms with Crippen LogP contribution in [-0.2, 0) is 0 Å². The minimum Gasteiger partial charge on any atom is -0.506 e. The number of carbonyl (C=O) groups is 1.